The second kappa shape index (κ2) is 13.5. The molecule has 0 aliphatic heterocycles. The molecular formula is C36H40N2. The zero-order valence-corrected chi connectivity index (χ0v) is 23.3. The van der Waals surface area contributed by atoms with Crippen molar-refractivity contribution in [3.05, 3.63) is 144 Å². The van der Waals surface area contributed by atoms with E-state index in [9.17, 15) is 0 Å². The Morgan fingerprint density at radius 2 is 0.711 bits per heavy atom. The molecule has 0 amide bonds. The molecule has 2 heteroatoms. The Labute approximate surface area is 229 Å². The van der Waals surface area contributed by atoms with Crippen molar-refractivity contribution in [2.24, 2.45) is 0 Å². The maximum absolute atomic E-state index is 2.38. The fourth-order valence-electron chi connectivity index (χ4n) is 5.00. The largest absolute Gasteiger partial charge is 0.372 e. The van der Waals surface area contributed by atoms with Crippen LogP contribution < -0.4 is 9.80 Å². The molecule has 0 N–H and O–H groups in total. The van der Waals surface area contributed by atoms with Crippen molar-refractivity contribution < 1.29 is 0 Å². The van der Waals surface area contributed by atoms with Gasteiger partial charge in [-0.2, -0.15) is 0 Å². The summed E-state index contributed by atoms with van der Waals surface area (Å²) in [5.74, 6) is 0. The first-order valence-corrected chi connectivity index (χ1v) is 13.9. The molecule has 38 heavy (non-hydrogen) atoms. The first-order chi connectivity index (χ1) is 18.7. The Hall–Kier alpha value is -4.04. The van der Waals surface area contributed by atoms with Gasteiger partial charge in [-0.15, -0.1) is 0 Å². The van der Waals surface area contributed by atoms with Crippen LogP contribution in [0.3, 0.4) is 0 Å². The highest BCUT2D eigenvalue weighted by Crippen LogP contribution is 2.30. The van der Waals surface area contributed by atoms with Gasteiger partial charge >= 0.3 is 0 Å². The standard InChI is InChI=1S/C36H40N2/c1-5-37(6-2)33-23-19-31(20-24-33)35(29-15-11-9-12-16-29)27-28-36(30-17-13-10-14-18-30)32-21-25-34(26-22-32)38(7-3)8-4/h9-28H,5-8H2,1-4H3/b35-27-,36-28-. The smallest absolute Gasteiger partial charge is 0.0366 e. The Bertz CT molecular complexity index is 1200. The Morgan fingerprint density at radius 3 is 1.00 bits per heavy atom. The highest BCUT2D eigenvalue weighted by molar-refractivity contribution is 5.86. The van der Waals surface area contributed by atoms with Crippen LogP contribution in [0.2, 0.25) is 0 Å². The van der Waals surface area contributed by atoms with Crippen LogP contribution in [-0.2, 0) is 0 Å². The number of nitrogens with zero attached hydrogens (tertiary/aromatic N) is 2. The highest BCUT2D eigenvalue weighted by atomic mass is 15.1. The summed E-state index contributed by atoms with van der Waals surface area (Å²) in [6.45, 7) is 12.9. The third-order valence-electron chi connectivity index (χ3n) is 7.20. The van der Waals surface area contributed by atoms with E-state index >= 15 is 0 Å². The predicted octanol–water partition coefficient (Wildman–Crippen LogP) is 8.94. The van der Waals surface area contributed by atoms with Crippen molar-refractivity contribution in [3.63, 3.8) is 0 Å². The summed E-state index contributed by atoms with van der Waals surface area (Å²) in [5.41, 5.74) is 9.81. The summed E-state index contributed by atoms with van der Waals surface area (Å²) in [7, 11) is 0. The maximum atomic E-state index is 2.38. The van der Waals surface area contributed by atoms with E-state index in [2.05, 4.69) is 159 Å². The van der Waals surface area contributed by atoms with Gasteiger partial charge < -0.3 is 9.80 Å². The van der Waals surface area contributed by atoms with Crippen LogP contribution in [0.1, 0.15) is 49.9 Å². The van der Waals surface area contributed by atoms with Crippen molar-refractivity contribution in [1.82, 2.24) is 0 Å². The molecule has 0 bridgehead atoms. The van der Waals surface area contributed by atoms with E-state index in [-0.39, 0.29) is 0 Å². The van der Waals surface area contributed by atoms with Crippen LogP contribution in [-0.4, -0.2) is 26.2 Å². The molecule has 0 aliphatic carbocycles. The predicted molar refractivity (Wildman–Crippen MR) is 167 cm³/mol. The van der Waals surface area contributed by atoms with Crippen LogP contribution in [0, 0.1) is 0 Å². The average Bonchev–Trinajstić information content (AvgIpc) is 2.99. The molecule has 4 aromatic rings. The van der Waals surface area contributed by atoms with E-state index in [1.165, 1.54) is 44.8 Å². The van der Waals surface area contributed by atoms with E-state index in [0.29, 0.717) is 0 Å². The Balaban J connectivity index is 1.80. The van der Waals surface area contributed by atoms with E-state index in [1.807, 2.05) is 0 Å². The quantitative estimate of drug-likeness (QED) is 0.190. The minimum atomic E-state index is 1.01. The van der Waals surface area contributed by atoms with E-state index in [1.54, 1.807) is 0 Å². The number of anilines is 2. The minimum absolute atomic E-state index is 1.01. The van der Waals surface area contributed by atoms with Crippen molar-refractivity contribution in [3.8, 4) is 0 Å². The topological polar surface area (TPSA) is 6.48 Å². The lowest BCUT2D eigenvalue weighted by molar-refractivity contribution is 0.866. The number of hydrogen-bond acceptors (Lipinski definition) is 2. The molecule has 0 atom stereocenters. The average molecular weight is 501 g/mol. The summed E-state index contributed by atoms with van der Waals surface area (Å²) < 4.78 is 0. The monoisotopic (exact) mass is 500 g/mol. The van der Waals surface area contributed by atoms with Gasteiger partial charge in [0, 0.05) is 37.6 Å². The molecule has 2 nitrogen and oxygen atoms in total. The fraction of sp³-hybridized carbons (Fsp3) is 0.222. The second-order valence-electron chi connectivity index (χ2n) is 9.33. The molecule has 0 spiro atoms. The Kier molecular flexibility index (Phi) is 9.59. The Morgan fingerprint density at radius 1 is 0.421 bits per heavy atom. The van der Waals surface area contributed by atoms with Gasteiger partial charge in [-0.25, -0.2) is 0 Å². The number of hydrogen-bond donors (Lipinski definition) is 0. The van der Waals surface area contributed by atoms with Crippen molar-refractivity contribution in [1.29, 1.82) is 0 Å². The van der Waals surface area contributed by atoms with E-state index < -0.39 is 0 Å². The molecule has 0 radical (unpaired) electrons. The van der Waals surface area contributed by atoms with Crippen molar-refractivity contribution in [2.45, 2.75) is 27.7 Å². The normalized spacial score (nSPS) is 11.9. The molecule has 0 saturated carbocycles. The molecule has 4 rings (SSSR count). The molecular weight excluding hydrogens is 460 g/mol. The van der Waals surface area contributed by atoms with Gasteiger partial charge in [0.2, 0.25) is 0 Å². The van der Waals surface area contributed by atoms with Gasteiger partial charge in [0.1, 0.15) is 0 Å². The molecule has 0 heterocycles. The molecule has 4 aromatic carbocycles. The fourth-order valence-corrected chi connectivity index (χ4v) is 5.00. The van der Waals surface area contributed by atoms with Crippen LogP contribution >= 0.6 is 0 Å². The summed E-state index contributed by atoms with van der Waals surface area (Å²) in [5, 5.41) is 0. The number of allylic oxidation sites excluding steroid dienone is 2. The lowest BCUT2D eigenvalue weighted by Crippen LogP contribution is -2.21. The highest BCUT2D eigenvalue weighted by Gasteiger charge is 2.10. The van der Waals surface area contributed by atoms with Gasteiger partial charge in [0.05, 0.1) is 0 Å². The van der Waals surface area contributed by atoms with Gasteiger partial charge in [0.25, 0.3) is 0 Å². The third kappa shape index (κ3) is 6.44. The first-order valence-electron chi connectivity index (χ1n) is 13.9. The molecule has 0 fully saturated rings. The molecule has 194 valence electrons. The molecule has 0 saturated heterocycles. The minimum Gasteiger partial charge on any atom is -0.372 e. The zero-order chi connectivity index (χ0) is 26.7. The van der Waals surface area contributed by atoms with Crippen LogP contribution in [0.25, 0.3) is 11.1 Å². The third-order valence-corrected chi connectivity index (χ3v) is 7.20. The molecule has 0 aromatic heterocycles. The van der Waals surface area contributed by atoms with Crippen LogP contribution in [0.5, 0.6) is 0 Å². The van der Waals surface area contributed by atoms with Crippen LogP contribution in [0.15, 0.2) is 121 Å². The molecule has 0 aliphatic rings. The van der Waals surface area contributed by atoms with Gasteiger partial charge in [-0.1, -0.05) is 97.1 Å². The number of rotatable bonds is 11. The van der Waals surface area contributed by atoms with Gasteiger partial charge in [0.15, 0.2) is 0 Å². The van der Waals surface area contributed by atoms with Crippen molar-refractivity contribution >= 4 is 22.5 Å². The number of benzene rings is 4. The zero-order valence-electron chi connectivity index (χ0n) is 23.3. The van der Waals surface area contributed by atoms with Crippen molar-refractivity contribution in [2.75, 3.05) is 36.0 Å². The summed E-state index contributed by atoms with van der Waals surface area (Å²) in [6.07, 6.45) is 4.56. The lowest BCUT2D eigenvalue weighted by Gasteiger charge is -2.21. The van der Waals surface area contributed by atoms with Gasteiger partial charge in [-0.05, 0) is 85.4 Å². The van der Waals surface area contributed by atoms with Gasteiger partial charge in [-0.3, -0.25) is 0 Å². The van der Waals surface area contributed by atoms with Crippen LogP contribution in [0.4, 0.5) is 11.4 Å². The first kappa shape index (κ1) is 27.0. The SMILES string of the molecule is CCN(CC)c1ccc(/C(=C\C=C(\c2ccccc2)c2ccc(N(CC)CC)cc2)c2ccccc2)cc1. The maximum Gasteiger partial charge on any atom is 0.0366 e. The summed E-state index contributed by atoms with van der Waals surface area (Å²) in [4.78, 5) is 4.76. The van der Waals surface area contributed by atoms with E-state index in [4.69, 9.17) is 0 Å². The van der Waals surface area contributed by atoms with E-state index in [0.717, 1.165) is 26.2 Å². The lowest BCUT2D eigenvalue weighted by atomic mass is 9.93. The summed E-state index contributed by atoms with van der Waals surface area (Å²) >= 11 is 0. The molecule has 0 unspecified atom stereocenters. The second-order valence-corrected chi connectivity index (χ2v) is 9.33. The summed E-state index contributed by atoms with van der Waals surface area (Å²) in [6, 6.07) is 39.4.